The summed E-state index contributed by atoms with van der Waals surface area (Å²) in [4.78, 5) is 21.8. The van der Waals surface area contributed by atoms with Crippen molar-refractivity contribution in [3.63, 3.8) is 0 Å². The van der Waals surface area contributed by atoms with Crippen LogP contribution >= 0.6 is 0 Å². The second kappa shape index (κ2) is 6.92. The average Bonchev–Trinajstić information content (AvgIpc) is 3.36. The molecule has 4 aromatic rings. The molecule has 0 aliphatic carbocycles. The van der Waals surface area contributed by atoms with E-state index in [1.54, 1.807) is 16.9 Å². The fourth-order valence-corrected chi connectivity index (χ4v) is 3.70. The summed E-state index contributed by atoms with van der Waals surface area (Å²) in [6.45, 7) is 1.41. The first kappa shape index (κ1) is 16.7. The van der Waals surface area contributed by atoms with E-state index >= 15 is 0 Å². The molecule has 0 saturated carbocycles. The molecule has 28 heavy (non-hydrogen) atoms. The molecule has 7 heteroatoms. The highest BCUT2D eigenvalue weighted by Gasteiger charge is 2.17. The molecule has 0 bridgehead atoms. The molecule has 0 radical (unpaired) electrons. The van der Waals surface area contributed by atoms with Crippen molar-refractivity contribution < 1.29 is 4.79 Å². The summed E-state index contributed by atoms with van der Waals surface area (Å²) < 4.78 is 3.90. The van der Waals surface area contributed by atoms with Crippen molar-refractivity contribution in [1.82, 2.24) is 29.5 Å². The van der Waals surface area contributed by atoms with Crippen molar-refractivity contribution in [3.8, 4) is 11.3 Å². The molecule has 7 nitrogen and oxygen atoms in total. The van der Waals surface area contributed by atoms with Crippen LogP contribution in [0.2, 0.25) is 0 Å². The lowest BCUT2D eigenvalue weighted by Gasteiger charge is -2.11. The maximum Gasteiger partial charge on any atom is 0.257 e. The van der Waals surface area contributed by atoms with E-state index in [1.807, 2.05) is 42.6 Å². The first-order chi connectivity index (χ1) is 13.8. The standard InChI is InChI=1S/C21H20N6O/c28-21(23-12-16-14-26-11-5-4-8-19(26)25-16)17-13-24-27-18(9-10-22-20(17)27)15-6-2-1-3-7-15/h1-3,6-7,9-10,13-14H,4-5,8,11-12H2,(H,23,28). The van der Waals surface area contributed by atoms with Gasteiger partial charge in [0.2, 0.25) is 0 Å². The molecule has 140 valence electrons. The Morgan fingerprint density at radius 2 is 2.04 bits per heavy atom. The molecule has 0 unspecified atom stereocenters. The van der Waals surface area contributed by atoms with Gasteiger partial charge in [0, 0.05) is 30.9 Å². The van der Waals surface area contributed by atoms with Crippen LogP contribution in [-0.2, 0) is 19.5 Å². The molecule has 0 atom stereocenters. The minimum absolute atomic E-state index is 0.196. The van der Waals surface area contributed by atoms with E-state index in [-0.39, 0.29) is 5.91 Å². The summed E-state index contributed by atoms with van der Waals surface area (Å²) in [5, 5.41) is 7.35. The molecule has 1 amide bonds. The Kier molecular flexibility index (Phi) is 4.12. The number of benzene rings is 1. The summed E-state index contributed by atoms with van der Waals surface area (Å²) in [6.07, 6.45) is 8.69. The first-order valence-corrected chi connectivity index (χ1v) is 9.51. The number of hydrogen-bond donors (Lipinski definition) is 1. The van der Waals surface area contributed by atoms with E-state index in [0.29, 0.717) is 17.8 Å². The van der Waals surface area contributed by atoms with E-state index < -0.39 is 0 Å². The fraction of sp³-hybridized carbons (Fsp3) is 0.238. The zero-order valence-electron chi connectivity index (χ0n) is 15.4. The van der Waals surface area contributed by atoms with Crippen LogP contribution in [0, 0.1) is 0 Å². The van der Waals surface area contributed by atoms with Crippen molar-refractivity contribution in [3.05, 3.63) is 72.1 Å². The van der Waals surface area contributed by atoms with Crippen LogP contribution in [-0.4, -0.2) is 30.1 Å². The lowest BCUT2D eigenvalue weighted by Crippen LogP contribution is -2.23. The predicted molar refractivity (Wildman–Crippen MR) is 105 cm³/mol. The number of amides is 1. The highest BCUT2D eigenvalue weighted by atomic mass is 16.1. The van der Waals surface area contributed by atoms with Gasteiger partial charge in [-0.15, -0.1) is 0 Å². The maximum atomic E-state index is 12.7. The van der Waals surface area contributed by atoms with E-state index in [4.69, 9.17) is 0 Å². The van der Waals surface area contributed by atoms with Crippen LogP contribution in [0.1, 0.15) is 34.7 Å². The van der Waals surface area contributed by atoms with Crippen molar-refractivity contribution in [2.75, 3.05) is 0 Å². The molecule has 1 N–H and O–H groups in total. The molecule has 0 fully saturated rings. The molecule has 5 rings (SSSR count). The van der Waals surface area contributed by atoms with Gasteiger partial charge >= 0.3 is 0 Å². The second-order valence-corrected chi connectivity index (χ2v) is 6.97. The van der Waals surface area contributed by atoms with Gasteiger partial charge in [0.25, 0.3) is 5.91 Å². The van der Waals surface area contributed by atoms with Gasteiger partial charge in [0.1, 0.15) is 11.4 Å². The van der Waals surface area contributed by atoms with Crippen molar-refractivity contribution >= 4 is 11.6 Å². The molecule has 1 aromatic carbocycles. The van der Waals surface area contributed by atoms with Gasteiger partial charge in [-0.05, 0) is 18.9 Å². The minimum atomic E-state index is -0.196. The molecule has 0 spiro atoms. The second-order valence-electron chi connectivity index (χ2n) is 6.97. The van der Waals surface area contributed by atoms with Gasteiger partial charge in [-0.25, -0.2) is 14.5 Å². The Bertz CT molecular complexity index is 1120. The Balaban J connectivity index is 1.39. The van der Waals surface area contributed by atoms with Crippen LogP contribution in [0.15, 0.2) is 55.0 Å². The summed E-state index contributed by atoms with van der Waals surface area (Å²) >= 11 is 0. The Hall–Kier alpha value is -3.48. The fourth-order valence-electron chi connectivity index (χ4n) is 3.70. The Labute approximate surface area is 162 Å². The zero-order valence-corrected chi connectivity index (χ0v) is 15.4. The van der Waals surface area contributed by atoms with E-state index in [2.05, 4.69) is 25.0 Å². The monoisotopic (exact) mass is 372 g/mol. The number of hydrogen-bond acceptors (Lipinski definition) is 4. The van der Waals surface area contributed by atoms with Gasteiger partial charge in [0.05, 0.1) is 24.1 Å². The lowest BCUT2D eigenvalue weighted by atomic mass is 10.1. The molecule has 1 aliphatic rings. The van der Waals surface area contributed by atoms with Crippen LogP contribution in [0.25, 0.3) is 16.9 Å². The summed E-state index contributed by atoms with van der Waals surface area (Å²) in [5.41, 5.74) is 3.81. The lowest BCUT2D eigenvalue weighted by molar-refractivity contribution is 0.0952. The third-order valence-corrected chi connectivity index (χ3v) is 5.10. The molecule has 1 aliphatic heterocycles. The number of nitrogens with zero attached hydrogens (tertiary/aromatic N) is 5. The topological polar surface area (TPSA) is 77.1 Å². The average molecular weight is 372 g/mol. The first-order valence-electron chi connectivity index (χ1n) is 9.51. The third kappa shape index (κ3) is 2.94. The van der Waals surface area contributed by atoms with E-state index in [9.17, 15) is 4.79 Å². The number of carbonyl (C=O) groups excluding carboxylic acids is 1. The number of imidazole rings is 1. The maximum absolute atomic E-state index is 12.7. The van der Waals surface area contributed by atoms with Gasteiger partial charge in [0.15, 0.2) is 5.65 Å². The largest absolute Gasteiger partial charge is 0.346 e. The predicted octanol–water partition coefficient (Wildman–Crippen LogP) is 2.86. The van der Waals surface area contributed by atoms with Crippen molar-refractivity contribution in [1.29, 1.82) is 0 Å². The van der Waals surface area contributed by atoms with E-state index in [1.165, 1.54) is 12.8 Å². The Morgan fingerprint density at radius 1 is 1.14 bits per heavy atom. The van der Waals surface area contributed by atoms with Crippen LogP contribution in [0.3, 0.4) is 0 Å². The van der Waals surface area contributed by atoms with Crippen LogP contribution in [0.4, 0.5) is 0 Å². The number of aromatic nitrogens is 5. The molecular weight excluding hydrogens is 352 g/mol. The summed E-state index contributed by atoms with van der Waals surface area (Å²) in [7, 11) is 0. The van der Waals surface area contributed by atoms with Crippen LogP contribution in [0.5, 0.6) is 0 Å². The van der Waals surface area contributed by atoms with E-state index in [0.717, 1.165) is 35.7 Å². The van der Waals surface area contributed by atoms with Crippen molar-refractivity contribution in [2.24, 2.45) is 0 Å². The highest BCUT2D eigenvalue weighted by molar-refractivity contribution is 5.99. The molecule has 4 heterocycles. The molecular formula is C21H20N6O. The number of aryl methyl sites for hydroxylation is 2. The zero-order chi connectivity index (χ0) is 18.9. The van der Waals surface area contributed by atoms with Crippen LogP contribution < -0.4 is 5.32 Å². The molecule has 3 aromatic heterocycles. The number of rotatable bonds is 4. The highest BCUT2D eigenvalue weighted by Crippen LogP contribution is 2.20. The normalized spacial score (nSPS) is 13.4. The quantitative estimate of drug-likeness (QED) is 0.598. The molecule has 0 saturated heterocycles. The van der Waals surface area contributed by atoms with Gasteiger partial charge in [-0.2, -0.15) is 5.10 Å². The third-order valence-electron chi connectivity index (χ3n) is 5.10. The minimum Gasteiger partial charge on any atom is -0.346 e. The number of nitrogens with one attached hydrogen (secondary N) is 1. The van der Waals surface area contributed by atoms with Gasteiger partial charge in [-0.3, -0.25) is 4.79 Å². The van der Waals surface area contributed by atoms with Gasteiger partial charge in [-0.1, -0.05) is 30.3 Å². The Morgan fingerprint density at radius 3 is 2.89 bits per heavy atom. The summed E-state index contributed by atoms with van der Waals surface area (Å²) in [5.74, 6) is 0.916. The smallest absolute Gasteiger partial charge is 0.257 e. The number of fused-ring (bicyclic) bond motifs is 2. The number of carbonyl (C=O) groups is 1. The van der Waals surface area contributed by atoms with Crippen molar-refractivity contribution in [2.45, 2.75) is 32.4 Å². The van der Waals surface area contributed by atoms with Gasteiger partial charge < -0.3 is 9.88 Å². The summed E-state index contributed by atoms with van der Waals surface area (Å²) in [6, 6.07) is 11.8. The SMILES string of the molecule is O=C(NCc1cn2c(n1)CCCC2)c1cnn2c(-c3ccccc3)ccnc12.